The van der Waals surface area contributed by atoms with Gasteiger partial charge in [0.05, 0.1) is 0 Å². The molecule has 0 radical (unpaired) electrons. The van der Waals surface area contributed by atoms with Gasteiger partial charge in [0.1, 0.15) is 18.5 Å². The van der Waals surface area contributed by atoms with Crippen LogP contribution in [0.5, 0.6) is 5.75 Å². The molecule has 0 heterocycles. The molecule has 0 aliphatic carbocycles. The third kappa shape index (κ3) is 3.40. The molecule has 1 N–H and O–H groups in total. The van der Waals surface area contributed by atoms with E-state index in [4.69, 9.17) is 4.74 Å². The minimum Gasteiger partial charge on any atom is -0.491 e. The Kier molecular flexibility index (Phi) is 4.46. The summed E-state index contributed by atoms with van der Waals surface area (Å²) in [7, 11) is 0. The van der Waals surface area contributed by atoms with E-state index in [0.717, 1.165) is 28.0 Å². The first-order valence-electron chi connectivity index (χ1n) is 6.92. The summed E-state index contributed by atoms with van der Waals surface area (Å²) in [5.41, 5.74) is 5.57. The highest BCUT2D eigenvalue weighted by Gasteiger charge is 2.14. The zero-order valence-electron chi connectivity index (χ0n) is 12.6. The van der Waals surface area contributed by atoms with Crippen molar-refractivity contribution in [1.82, 2.24) is 0 Å². The molecule has 0 aliphatic rings. The molecule has 106 valence electrons. The summed E-state index contributed by atoms with van der Waals surface area (Å²) in [6.45, 7) is 8.43. The smallest absolute Gasteiger partial charge is 0.119 e. The van der Waals surface area contributed by atoms with Gasteiger partial charge in [-0.15, -0.1) is 0 Å². The van der Waals surface area contributed by atoms with Crippen molar-refractivity contribution in [3.63, 3.8) is 0 Å². The van der Waals surface area contributed by atoms with E-state index in [1.807, 2.05) is 45.0 Å². The average Bonchev–Trinajstić information content (AvgIpc) is 2.35. The number of rotatable bonds is 4. The fourth-order valence-corrected chi connectivity index (χ4v) is 2.68. The molecule has 0 spiro atoms. The van der Waals surface area contributed by atoms with Crippen LogP contribution in [-0.4, -0.2) is 11.7 Å². The average molecular weight is 270 g/mol. The summed E-state index contributed by atoms with van der Waals surface area (Å²) in [4.78, 5) is 0. The number of aliphatic hydroxyl groups excluding tert-OH is 1. The minimum absolute atomic E-state index is 0.272. The molecule has 2 aromatic rings. The zero-order valence-corrected chi connectivity index (χ0v) is 12.6. The number of ether oxygens (including phenoxy) is 1. The Morgan fingerprint density at radius 1 is 0.950 bits per heavy atom. The molecule has 0 aliphatic heterocycles. The van der Waals surface area contributed by atoms with Gasteiger partial charge in [-0.25, -0.2) is 0 Å². The van der Waals surface area contributed by atoms with Crippen molar-refractivity contribution < 1.29 is 9.84 Å². The van der Waals surface area contributed by atoms with Gasteiger partial charge in [0, 0.05) is 0 Å². The van der Waals surface area contributed by atoms with Crippen LogP contribution in [-0.2, 0) is 0 Å². The largest absolute Gasteiger partial charge is 0.491 e. The number of aryl methyl sites for hydroxylation is 4. The van der Waals surface area contributed by atoms with Crippen LogP contribution in [0.25, 0.3) is 0 Å². The highest BCUT2D eigenvalue weighted by atomic mass is 16.5. The second-order valence-corrected chi connectivity index (χ2v) is 5.46. The molecule has 1 atom stereocenters. The van der Waals surface area contributed by atoms with Gasteiger partial charge in [-0.3, -0.25) is 0 Å². The molecule has 2 aromatic carbocycles. The maximum Gasteiger partial charge on any atom is 0.119 e. The summed E-state index contributed by atoms with van der Waals surface area (Å²) in [6.07, 6.45) is -0.601. The minimum atomic E-state index is -0.601. The third-order valence-electron chi connectivity index (χ3n) is 3.47. The second-order valence-electron chi connectivity index (χ2n) is 5.46. The predicted molar refractivity (Wildman–Crippen MR) is 82.3 cm³/mol. The van der Waals surface area contributed by atoms with E-state index in [9.17, 15) is 5.11 Å². The molecule has 2 rings (SSSR count). The van der Waals surface area contributed by atoms with Crippen LogP contribution in [0.3, 0.4) is 0 Å². The SMILES string of the molecule is Cc1cccc(OCC(O)c2c(C)cc(C)cc2C)c1. The fourth-order valence-electron chi connectivity index (χ4n) is 2.68. The first kappa shape index (κ1) is 14.6. The Balaban J connectivity index is 2.11. The van der Waals surface area contributed by atoms with Gasteiger partial charge < -0.3 is 9.84 Å². The molecule has 20 heavy (non-hydrogen) atoms. The molecule has 0 amide bonds. The van der Waals surface area contributed by atoms with E-state index >= 15 is 0 Å². The number of benzene rings is 2. The van der Waals surface area contributed by atoms with E-state index in [-0.39, 0.29) is 6.61 Å². The summed E-state index contributed by atoms with van der Waals surface area (Å²) < 4.78 is 5.69. The Hall–Kier alpha value is -1.80. The molecule has 0 fully saturated rings. The van der Waals surface area contributed by atoms with E-state index in [2.05, 4.69) is 19.1 Å². The molecular weight excluding hydrogens is 248 g/mol. The van der Waals surface area contributed by atoms with Crippen molar-refractivity contribution in [2.24, 2.45) is 0 Å². The van der Waals surface area contributed by atoms with Crippen LogP contribution in [0.1, 0.15) is 33.9 Å². The van der Waals surface area contributed by atoms with Gasteiger partial charge in [-0.1, -0.05) is 29.8 Å². The Morgan fingerprint density at radius 2 is 1.60 bits per heavy atom. The van der Waals surface area contributed by atoms with E-state index in [1.54, 1.807) is 0 Å². The Labute approximate surface area is 121 Å². The predicted octanol–water partition coefficient (Wildman–Crippen LogP) is 4.03. The number of aliphatic hydroxyl groups is 1. The Bertz CT molecular complexity index is 579. The van der Waals surface area contributed by atoms with Crippen molar-refractivity contribution in [2.75, 3.05) is 6.61 Å². The zero-order chi connectivity index (χ0) is 14.7. The molecule has 0 saturated carbocycles. The molecule has 0 aromatic heterocycles. The fraction of sp³-hybridized carbons (Fsp3) is 0.333. The van der Waals surface area contributed by atoms with Crippen molar-refractivity contribution in [3.05, 3.63) is 64.2 Å². The third-order valence-corrected chi connectivity index (χ3v) is 3.47. The normalized spacial score (nSPS) is 12.2. The lowest BCUT2D eigenvalue weighted by Gasteiger charge is -2.18. The summed E-state index contributed by atoms with van der Waals surface area (Å²) in [5.74, 6) is 0.798. The highest BCUT2D eigenvalue weighted by Crippen LogP contribution is 2.24. The van der Waals surface area contributed by atoms with E-state index < -0.39 is 6.10 Å². The summed E-state index contributed by atoms with van der Waals surface area (Å²) in [5, 5.41) is 10.4. The lowest BCUT2D eigenvalue weighted by molar-refractivity contribution is 0.107. The van der Waals surface area contributed by atoms with Crippen molar-refractivity contribution >= 4 is 0 Å². The lowest BCUT2D eigenvalue weighted by atomic mass is 9.96. The molecule has 0 bridgehead atoms. The van der Waals surface area contributed by atoms with Gasteiger partial charge in [0.25, 0.3) is 0 Å². The molecule has 1 unspecified atom stereocenters. The van der Waals surface area contributed by atoms with Crippen LogP contribution in [0.2, 0.25) is 0 Å². The van der Waals surface area contributed by atoms with E-state index in [0.29, 0.717) is 0 Å². The quantitative estimate of drug-likeness (QED) is 0.908. The van der Waals surface area contributed by atoms with Crippen LogP contribution in [0.4, 0.5) is 0 Å². The number of hydrogen-bond acceptors (Lipinski definition) is 2. The van der Waals surface area contributed by atoms with Gasteiger partial charge >= 0.3 is 0 Å². The number of hydrogen-bond donors (Lipinski definition) is 1. The van der Waals surface area contributed by atoms with Crippen LogP contribution in [0, 0.1) is 27.7 Å². The van der Waals surface area contributed by atoms with Crippen molar-refractivity contribution in [3.8, 4) is 5.75 Å². The first-order valence-corrected chi connectivity index (χ1v) is 6.92. The molecule has 2 nitrogen and oxygen atoms in total. The maximum absolute atomic E-state index is 10.4. The van der Waals surface area contributed by atoms with Crippen LogP contribution >= 0.6 is 0 Å². The van der Waals surface area contributed by atoms with Crippen LogP contribution < -0.4 is 4.74 Å². The molecule has 0 saturated heterocycles. The monoisotopic (exact) mass is 270 g/mol. The van der Waals surface area contributed by atoms with Crippen molar-refractivity contribution in [1.29, 1.82) is 0 Å². The Morgan fingerprint density at radius 3 is 2.20 bits per heavy atom. The summed E-state index contributed by atoms with van der Waals surface area (Å²) in [6, 6.07) is 12.1. The molecular formula is C18H22O2. The lowest BCUT2D eigenvalue weighted by Crippen LogP contribution is -2.12. The standard InChI is InChI=1S/C18H22O2/c1-12-6-5-7-16(10-12)20-11-17(19)18-14(3)8-13(2)9-15(18)4/h5-10,17,19H,11H2,1-4H3. The van der Waals surface area contributed by atoms with Gasteiger partial charge in [-0.2, -0.15) is 0 Å². The highest BCUT2D eigenvalue weighted by molar-refractivity contribution is 5.39. The topological polar surface area (TPSA) is 29.5 Å². The van der Waals surface area contributed by atoms with Gasteiger partial charge in [0.15, 0.2) is 0 Å². The van der Waals surface area contributed by atoms with Gasteiger partial charge in [-0.05, 0) is 62.1 Å². The van der Waals surface area contributed by atoms with Crippen molar-refractivity contribution in [2.45, 2.75) is 33.8 Å². The maximum atomic E-state index is 10.4. The van der Waals surface area contributed by atoms with E-state index in [1.165, 1.54) is 5.56 Å². The second kappa shape index (κ2) is 6.10. The van der Waals surface area contributed by atoms with Gasteiger partial charge in [0.2, 0.25) is 0 Å². The molecule has 2 heteroatoms. The first-order chi connectivity index (χ1) is 9.47. The van der Waals surface area contributed by atoms with Crippen LogP contribution in [0.15, 0.2) is 36.4 Å². The summed E-state index contributed by atoms with van der Waals surface area (Å²) >= 11 is 0.